The minimum absolute atomic E-state index is 0.00719. The van der Waals surface area contributed by atoms with Crippen LogP contribution < -0.4 is 10.1 Å². The van der Waals surface area contributed by atoms with E-state index in [1.165, 1.54) is 11.3 Å². The van der Waals surface area contributed by atoms with Crippen molar-refractivity contribution in [2.45, 2.75) is 19.8 Å². The van der Waals surface area contributed by atoms with E-state index < -0.39 is 0 Å². The number of hydrogen-bond donors (Lipinski definition) is 1. The highest BCUT2D eigenvalue weighted by Gasteiger charge is 2.31. The van der Waals surface area contributed by atoms with Gasteiger partial charge in [0.1, 0.15) is 5.75 Å². The molecule has 0 unspecified atom stereocenters. The van der Waals surface area contributed by atoms with Gasteiger partial charge in [-0.05, 0) is 38.0 Å². The van der Waals surface area contributed by atoms with Gasteiger partial charge in [0.15, 0.2) is 11.7 Å². The van der Waals surface area contributed by atoms with Crippen LogP contribution in [0.5, 0.6) is 5.75 Å². The number of benzene rings is 1. The fraction of sp³-hybridized carbons (Fsp3) is 0.400. The third-order valence-electron chi connectivity index (χ3n) is 3.17. The van der Waals surface area contributed by atoms with Crippen molar-refractivity contribution >= 4 is 38.6 Å². The number of rotatable bonds is 6. The van der Waals surface area contributed by atoms with Crippen molar-refractivity contribution in [1.82, 2.24) is 4.98 Å². The molecule has 0 atom stereocenters. The first kappa shape index (κ1) is 14.8. The van der Waals surface area contributed by atoms with E-state index in [9.17, 15) is 9.59 Å². The monoisotopic (exact) mass is 320 g/mol. The van der Waals surface area contributed by atoms with Crippen molar-refractivity contribution in [3.63, 3.8) is 0 Å². The summed E-state index contributed by atoms with van der Waals surface area (Å²) in [6, 6.07) is 5.58. The molecule has 7 heteroatoms. The molecule has 116 valence electrons. The molecule has 0 bridgehead atoms. The zero-order chi connectivity index (χ0) is 15.5. The van der Waals surface area contributed by atoms with Gasteiger partial charge >= 0.3 is 5.97 Å². The van der Waals surface area contributed by atoms with Gasteiger partial charge in [-0.1, -0.05) is 11.3 Å². The standard InChI is InChI=1S/C15H16N2O4S/c1-2-20-10-5-6-11-12(7-10)22-15(16-11)17-13(18)8-21-14(19)9-3-4-9/h5-7,9H,2-4,8H2,1H3,(H,16,17,18). The van der Waals surface area contributed by atoms with Crippen LogP contribution in [-0.4, -0.2) is 30.1 Å². The van der Waals surface area contributed by atoms with Crippen molar-refractivity contribution in [3.05, 3.63) is 18.2 Å². The summed E-state index contributed by atoms with van der Waals surface area (Å²) in [5, 5.41) is 3.13. The Kier molecular flexibility index (Phi) is 4.24. The van der Waals surface area contributed by atoms with E-state index in [4.69, 9.17) is 9.47 Å². The molecule has 1 aliphatic carbocycles. The molecular formula is C15H16N2O4S. The van der Waals surface area contributed by atoms with Crippen molar-refractivity contribution < 1.29 is 19.1 Å². The van der Waals surface area contributed by atoms with Crippen molar-refractivity contribution in [2.75, 3.05) is 18.5 Å². The molecule has 1 aliphatic rings. The summed E-state index contributed by atoms with van der Waals surface area (Å²) in [6.07, 6.45) is 1.72. The third-order valence-corrected chi connectivity index (χ3v) is 4.11. The minimum atomic E-state index is -0.377. The normalized spacial score (nSPS) is 13.9. The van der Waals surface area contributed by atoms with Gasteiger partial charge < -0.3 is 9.47 Å². The molecule has 0 radical (unpaired) electrons. The average Bonchev–Trinajstić information content (AvgIpc) is 3.26. The van der Waals surface area contributed by atoms with Gasteiger partial charge in [0.05, 0.1) is 22.7 Å². The highest BCUT2D eigenvalue weighted by Crippen LogP contribution is 2.30. The fourth-order valence-corrected chi connectivity index (χ4v) is 2.85. The van der Waals surface area contributed by atoms with E-state index in [1.54, 1.807) is 0 Å². The summed E-state index contributed by atoms with van der Waals surface area (Å²) in [5.74, 6) is 0.0982. The fourth-order valence-electron chi connectivity index (χ4n) is 1.94. The van der Waals surface area contributed by atoms with E-state index in [2.05, 4.69) is 10.3 Å². The summed E-state index contributed by atoms with van der Waals surface area (Å²) in [6.45, 7) is 2.25. The first-order chi connectivity index (χ1) is 10.7. The van der Waals surface area contributed by atoms with E-state index >= 15 is 0 Å². The van der Waals surface area contributed by atoms with Crippen LogP contribution in [0.15, 0.2) is 18.2 Å². The Hall–Kier alpha value is -2.15. The number of thiazole rings is 1. The van der Waals surface area contributed by atoms with E-state index in [1.807, 2.05) is 25.1 Å². The van der Waals surface area contributed by atoms with Gasteiger partial charge in [-0.2, -0.15) is 0 Å². The molecule has 1 N–H and O–H groups in total. The lowest BCUT2D eigenvalue weighted by atomic mass is 10.3. The van der Waals surface area contributed by atoms with Crippen LogP contribution in [0.25, 0.3) is 10.2 Å². The van der Waals surface area contributed by atoms with Crippen LogP contribution in [0.2, 0.25) is 0 Å². The molecule has 1 saturated carbocycles. The summed E-state index contributed by atoms with van der Waals surface area (Å²) >= 11 is 1.35. The number of esters is 1. The Morgan fingerprint density at radius 2 is 2.23 bits per heavy atom. The topological polar surface area (TPSA) is 77.5 Å². The smallest absolute Gasteiger partial charge is 0.309 e. The van der Waals surface area contributed by atoms with Crippen LogP contribution in [0, 0.1) is 5.92 Å². The van der Waals surface area contributed by atoms with Gasteiger partial charge in [0.25, 0.3) is 5.91 Å². The number of fused-ring (bicyclic) bond motifs is 1. The quantitative estimate of drug-likeness (QED) is 0.828. The van der Waals surface area contributed by atoms with Gasteiger partial charge in [0, 0.05) is 0 Å². The summed E-state index contributed by atoms with van der Waals surface area (Å²) in [4.78, 5) is 27.5. The first-order valence-electron chi connectivity index (χ1n) is 7.15. The number of hydrogen-bond acceptors (Lipinski definition) is 6. The number of anilines is 1. The van der Waals surface area contributed by atoms with Crippen LogP contribution in [0.1, 0.15) is 19.8 Å². The second-order valence-electron chi connectivity index (χ2n) is 5.01. The van der Waals surface area contributed by atoms with Gasteiger partial charge in [-0.25, -0.2) is 4.98 Å². The molecule has 6 nitrogen and oxygen atoms in total. The predicted octanol–water partition coefficient (Wildman–Crippen LogP) is 2.59. The van der Waals surface area contributed by atoms with Crippen molar-refractivity contribution in [1.29, 1.82) is 0 Å². The van der Waals surface area contributed by atoms with Crippen LogP contribution in [0.4, 0.5) is 5.13 Å². The number of aromatic nitrogens is 1. The third kappa shape index (κ3) is 3.54. The number of amides is 1. The highest BCUT2D eigenvalue weighted by molar-refractivity contribution is 7.22. The SMILES string of the molecule is CCOc1ccc2nc(NC(=O)COC(=O)C3CC3)sc2c1. The molecule has 22 heavy (non-hydrogen) atoms. The number of nitrogens with zero attached hydrogens (tertiary/aromatic N) is 1. The molecule has 2 aromatic rings. The Morgan fingerprint density at radius 3 is 2.95 bits per heavy atom. The summed E-state index contributed by atoms with van der Waals surface area (Å²) < 4.78 is 11.3. The largest absolute Gasteiger partial charge is 0.494 e. The Bertz CT molecular complexity index is 709. The first-order valence-corrected chi connectivity index (χ1v) is 7.97. The van der Waals surface area contributed by atoms with E-state index in [-0.39, 0.29) is 24.4 Å². The number of carbonyl (C=O) groups is 2. The van der Waals surface area contributed by atoms with Gasteiger partial charge in [-0.15, -0.1) is 0 Å². The van der Waals surface area contributed by atoms with Crippen molar-refractivity contribution in [2.24, 2.45) is 5.92 Å². The molecular weight excluding hydrogens is 304 g/mol. The van der Waals surface area contributed by atoms with Gasteiger partial charge in [0.2, 0.25) is 0 Å². The molecule has 1 heterocycles. The van der Waals surface area contributed by atoms with E-state index in [0.29, 0.717) is 11.7 Å². The lowest BCUT2D eigenvalue weighted by molar-refractivity contribution is -0.148. The second kappa shape index (κ2) is 6.31. The molecule has 1 amide bonds. The van der Waals surface area contributed by atoms with E-state index in [0.717, 1.165) is 28.8 Å². The highest BCUT2D eigenvalue weighted by atomic mass is 32.1. The maximum absolute atomic E-state index is 11.8. The zero-order valence-corrected chi connectivity index (χ0v) is 12.9. The average molecular weight is 320 g/mol. The van der Waals surface area contributed by atoms with Crippen LogP contribution in [-0.2, 0) is 14.3 Å². The lowest BCUT2D eigenvalue weighted by Crippen LogP contribution is -2.21. The Balaban J connectivity index is 1.60. The molecule has 1 aromatic heterocycles. The summed E-state index contributed by atoms with van der Waals surface area (Å²) in [5.41, 5.74) is 0.790. The lowest BCUT2D eigenvalue weighted by Gasteiger charge is -2.03. The molecule has 1 aromatic carbocycles. The molecule has 0 saturated heterocycles. The number of nitrogens with one attached hydrogen (secondary N) is 1. The zero-order valence-electron chi connectivity index (χ0n) is 12.1. The molecule has 1 fully saturated rings. The number of carbonyl (C=O) groups excluding carboxylic acids is 2. The van der Waals surface area contributed by atoms with Crippen molar-refractivity contribution in [3.8, 4) is 5.75 Å². The Labute approximate surface area is 131 Å². The molecule has 0 aliphatic heterocycles. The number of ether oxygens (including phenoxy) is 2. The van der Waals surface area contributed by atoms with Crippen LogP contribution in [0.3, 0.4) is 0 Å². The second-order valence-corrected chi connectivity index (χ2v) is 6.04. The minimum Gasteiger partial charge on any atom is -0.494 e. The predicted molar refractivity (Wildman–Crippen MR) is 83.1 cm³/mol. The molecule has 0 spiro atoms. The summed E-state index contributed by atoms with van der Waals surface area (Å²) in [7, 11) is 0. The Morgan fingerprint density at radius 1 is 1.41 bits per heavy atom. The molecule has 3 rings (SSSR count). The van der Waals surface area contributed by atoms with Gasteiger partial charge in [-0.3, -0.25) is 14.9 Å². The maximum atomic E-state index is 11.8. The maximum Gasteiger partial charge on any atom is 0.309 e. The van der Waals surface area contributed by atoms with Crippen LogP contribution >= 0.6 is 11.3 Å².